The molecule has 0 aliphatic heterocycles. The van der Waals surface area contributed by atoms with Crippen molar-refractivity contribution in [2.24, 2.45) is 0 Å². The van der Waals surface area contributed by atoms with E-state index in [0.717, 1.165) is 16.1 Å². The molecule has 0 atom stereocenters. The van der Waals surface area contributed by atoms with E-state index in [1.807, 2.05) is 19.9 Å². The molecule has 2 rings (SSSR count). The Bertz CT molecular complexity index is 987. The summed E-state index contributed by atoms with van der Waals surface area (Å²) in [5.74, 6) is -0.756. The molecular formula is C24H29N2O5. The SMILES string of the molecule is [CH2]OC(=O)N(C(=O)c1cccc(OC)c1C)N(C(=O)c1cc(C)cc(C)c1)C(C)(C)C. The average molecular weight is 426 g/mol. The van der Waals surface area contributed by atoms with E-state index in [2.05, 4.69) is 11.8 Å². The van der Waals surface area contributed by atoms with Crippen LogP contribution in [-0.2, 0) is 4.74 Å². The Balaban J connectivity index is 2.67. The summed E-state index contributed by atoms with van der Waals surface area (Å²) in [6.45, 7) is 10.6. The van der Waals surface area contributed by atoms with E-state index in [1.54, 1.807) is 58.0 Å². The second kappa shape index (κ2) is 9.20. The quantitative estimate of drug-likeness (QED) is 0.657. The van der Waals surface area contributed by atoms with Crippen molar-refractivity contribution < 1.29 is 23.9 Å². The first kappa shape index (κ1) is 23.9. The number of aryl methyl sites for hydroxylation is 2. The molecule has 2 aromatic rings. The van der Waals surface area contributed by atoms with Crippen molar-refractivity contribution in [3.63, 3.8) is 0 Å². The van der Waals surface area contributed by atoms with Crippen LogP contribution in [0.25, 0.3) is 0 Å². The van der Waals surface area contributed by atoms with Crippen LogP contribution in [0.2, 0.25) is 0 Å². The van der Waals surface area contributed by atoms with E-state index in [9.17, 15) is 14.4 Å². The third kappa shape index (κ3) is 5.05. The van der Waals surface area contributed by atoms with Gasteiger partial charge in [-0.3, -0.25) is 9.59 Å². The molecule has 2 aromatic carbocycles. The number of carbonyl (C=O) groups excluding carboxylic acids is 3. The molecule has 0 spiro atoms. The van der Waals surface area contributed by atoms with Gasteiger partial charge in [0, 0.05) is 16.7 Å². The van der Waals surface area contributed by atoms with E-state index in [4.69, 9.17) is 4.74 Å². The molecule has 0 N–H and O–H groups in total. The van der Waals surface area contributed by atoms with Crippen molar-refractivity contribution in [1.82, 2.24) is 10.0 Å². The number of rotatable bonds is 3. The van der Waals surface area contributed by atoms with Gasteiger partial charge in [-0.15, -0.1) is 5.01 Å². The summed E-state index contributed by atoms with van der Waals surface area (Å²) in [6.07, 6.45) is -1.07. The van der Waals surface area contributed by atoms with Gasteiger partial charge in [0.1, 0.15) is 12.9 Å². The molecule has 165 valence electrons. The lowest BCUT2D eigenvalue weighted by Crippen LogP contribution is -2.60. The zero-order valence-electron chi connectivity index (χ0n) is 19.1. The van der Waals surface area contributed by atoms with Crippen LogP contribution in [0.3, 0.4) is 0 Å². The monoisotopic (exact) mass is 425 g/mol. The van der Waals surface area contributed by atoms with Gasteiger partial charge in [-0.05, 0) is 65.8 Å². The highest BCUT2D eigenvalue weighted by molar-refractivity contribution is 6.07. The van der Waals surface area contributed by atoms with Crippen LogP contribution in [0.4, 0.5) is 4.79 Å². The van der Waals surface area contributed by atoms with E-state index in [0.29, 0.717) is 21.9 Å². The molecule has 0 aliphatic rings. The summed E-state index contributed by atoms with van der Waals surface area (Å²) in [7, 11) is 4.65. The molecule has 0 heterocycles. The van der Waals surface area contributed by atoms with Gasteiger partial charge in [0.25, 0.3) is 11.8 Å². The van der Waals surface area contributed by atoms with Crippen LogP contribution >= 0.6 is 0 Å². The number of amides is 3. The maximum absolute atomic E-state index is 13.6. The first-order valence-electron chi connectivity index (χ1n) is 9.79. The number of nitrogens with zero attached hydrogens (tertiary/aromatic N) is 2. The molecule has 1 radical (unpaired) electrons. The average Bonchev–Trinajstić information content (AvgIpc) is 2.69. The fourth-order valence-corrected chi connectivity index (χ4v) is 3.41. The third-order valence-corrected chi connectivity index (χ3v) is 4.72. The van der Waals surface area contributed by atoms with E-state index >= 15 is 0 Å². The Kier molecular flexibility index (Phi) is 7.10. The summed E-state index contributed by atoms with van der Waals surface area (Å²) < 4.78 is 9.95. The normalized spacial score (nSPS) is 11.0. The Morgan fingerprint density at radius 3 is 2.00 bits per heavy atom. The van der Waals surface area contributed by atoms with Gasteiger partial charge in [-0.2, -0.15) is 0 Å². The summed E-state index contributed by atoms with van der Waals surface area (Å²) in [6, 6.07) is 10.3. The van der Waals surface area contributed by atoms with Crippen LogP contribution in [0.15, 0.2) is 36.4 Å². The van der Waals surface area contributed by atoms with Crippen molar-refractivity contribution >= 4 is 17.9 Å². The smallest absolute Gasteiger partial charge is 0.436 e. The van der Waals surface area contributed by atoms with Crippen molar-refractivity contribution in [3.8, 4) is 5.75 Å². The first-order chi connectivity index (χ1) is 14.4. The zero-order chi connectivity index (χ0) is 23.5. The van der Waals surface area contributed by atoms with Crippen molar-refractivity contribution in [3.05, 3.63) is 71.3 Å². The largest absolute Gasteiger partial charge is 0.496 e. The lowest BCUT2D eigenvalue weighted by Gasteiger charge is -2.41. The zero-order valence-corrected chi connectivity index (χ0v) is 19.1. The van der Waals surface area contributed by atoms with Crippen LogP contribution in [0, 0.1) is 27.9 Å². The molecule has 0 unspecified atom stereocenters. The van der Waals surface area contributed by atoms with E-state index in [1.165, 1.54) is 7.11 Å². The highest BCUT2D eigenvalue weighted by atomic mass is 16.5. The number of imide groups is 1. The lowest BCUT2D eigenvalue weighted by atomic mass is 10.0. The highest BCUT2D eigenvalue weighted by Gasteiger charge is 2.41. The van der Waals surface area contributed by atoms with Crippen LogP contribution < -0.4 is 4.74 Å². The molecule has 3 amide bonds. The number of hydrazine groups is 1. The number of carbonyl (C=O) groups is 3. The Labute approximate surface area is 183 Å². The van der Waals surface area contributed by atoms with Crippen LogP contribution in [0.1, 0.15) is 58.2 Å². The summed E-state index contributed by atoms with van der Waals surface area (Å²) in [5.41, 5.74) is 1.92. The number of hydrogen-bond donors (Lipinski definition) is 0. The van der Waals surface area contributed by atoms with Gasteiger partial charge in [-0.1, -0.05) is 23.3 Å². The maximum atomic E-state index is 13.6. The van der Waals surface area contributed by atoms with Gasteiger partial charge >= 0.3 is 6.09 Å². The van der Waals surface area contributed by atoms with Gasteiger partial charge in [0.2, 0.25) is 0 Å². The molecule has 0 saturated heterocycles. The van der Waals surface area contributed by atoms with Gasteiger partial charge in [0.15, 0.2) is 0 Å². The van der Waals surface area contributed by atoms with Crippen molar-refractivity contribution in [2.45, 2.75) is 47.1 Å². The van der Waals surface area contributed by atoms with Crippen molar-refractivity contribution in [1.29, 1.82) is 0 Å². The first-order valence-corrected chi connectivity index (χ1v) is 9.79. The topological polar surface area (TPSA) is 76.2 Å². The third-order valence-electron chi connectivity index (χ3n) is 4.72. The second-order valence-electron chi connectivity index (χ2n) is 8.32. The minimum atomic E-state index is -1.07. The minimum absolute atomic E-state index is 0.201. The Hall–Kier alpha value is -3.35. The lowest BCUT2D eigenvalue weighted by molar-refractivity contribution is -0.0344. The highest BCUT2D eigenvalue weighted by Crippen LogP contribution is 2.27. The Morgan fingerprint density at radius 1 is 0.935 bits per heavy atom. The Morgan fingerprint density at radius 2 is 1.52 bits per heavy atom. The molecule has 7 heteroatoms. The molecule has 0 aliphatic carbocycles. The number of benzene rings is 2. The molecule has 0 aromatic heterocycles. The van der Waals surface area contributed by atoms with Gasteiger partial charge in [0.05, 0.1) is 12.6 Å². The number of hydrogen-bond acceptors (Lipinski definition) is 5. The summed E-state index contributed by atoms with van der Waals surface area (Å²) >= 11 is 0. The number of methoxy groups -OCH3 is 1. The standard InChI is InChI=1S/C24H29N2O5/c1-15-12-16(2)14-18(13-15)21(27)26(24(4,5)6)25(23(29)31-8)22(28)19-10-9-11-20(30-7)17(19)3/h9-14H,8H2,1-7H3. The van der Waals surface area contributed by atoms with Crippen molar-refractivity contribution in [2.75, 3.05) is 7.11 Å². The molecule has 0 fully saturated rings. The fourth-order valence-electron chi connectivity index (χ4n) is 3.41. The van der Waals surface area contributed by atoms with Crippen LogP contribution in [0.5, 0.6) is 5.75 Å². The fraction of sp³-hybridized carbons (Fsp3) is 0.333. The predicted octanol–water partition coefficient (Wildman–Crippen LogP) is 4.85. The van der Waals surface area contributed by atoms with E-state index < -0.39 is 23.4 Å². The number of ether oxygens (including phenoxy) is 2. The maximum Gasteiger partial charge on any atom is 0.436 e. The van der Waals surface area contributed by atoms with Crippen LogP contribution in [-0.4, -0.2) is 40.6 Å². The van der Waals surface area contributed by atoms with Gasteiger partial charge in [-0.25, -0.2) is 9.80 Å². The predicted molar refractivity (Wildman–Crippen MR) is 118 cm³/mol. The van der Waals surface area contributed by atoms with E-state index in [-0.39, 0.29) is 5.56 Å². The molecule has 7 nitrogen and oxygen atoms in total. The molecular weight excluding hydrogens is 396 g/mol. The van der Waals surface area contributed by atoms with Gasteiger partial charge < -0.3 is 9.47 Å². The minimum Gasteiger partial charge on any atom is -0.496 e. The molecule has 0 saturated carbocycles. The molecule has 0 bridgehead atoms. The molecule has 31 heavy (non-hydrogen) atoms. The summed E-state index contributed by atoms with van der Waals surface area (Å²) in [5, 5.41) is 1.81. The summed E-state index contributed by atoms with van der Waals surface area (Å²) in [4.78, 5) is 39.9. The second-order valence-corrected chi connectivity index (χ2v) is 8.32.